The summed E-state index contributed by atoms with van der Waals surface area (Å²) in [4.78, 5) is 42.7. The fraction of sp³-hybridized carbons (Fsp3) is 0.609. The zero-order valence-corrected chi connectivity index (χ0v) is 19.2. The van der Waals surface area contributed by atoms with Gasteiger partial charge in [-0.25, -0.2) is 9.69 Å². The molecule has 4 amide bonds. The number of morpholine rings is 1. The molecule has 3 saturated heterocycles. The van der Waals surface area contributed by atoms with Gasteiger partial charge in [0.1, 0.15) is 0 Å². The van der Waals surface area contributed by atoms with Gasteiger partial charge in [-0.1, -0.05) is 30.3 Å². The number of nitrogens with zero attached hydrogens (tertiary/aromatic N) is 3. The van der Waals surface area contributed by atoms with Crippen molar-refractivity contribution in [1.29, 1.82) is 0 Å². The van der Waals surface area contributed by atoms with Crippen molar-refractivity contribution in [3.8, 4) is 0 Å². The molecule has 0 saturated carbocycles. The number of carbonyl (C=O) groups is 3. The molecule has 1 aromatic rings. The fourth-order valence-electron chi connectivity index (χ4n) is 5.08. The van der Waals surface area contributed by atoms with Gasteiger partial charge in [-0.2, -0.15) is 13.2 Å². The van der Waals surface area contributed by atoms with Crippen molar-refractivity contribution in [2.45, 2.75) is 50.6 Å². The van der Waals surface area contributed by atoms with E-state index in [0.29, 0.717) is 43.9 Å². The Bertz CT molecular complexity index is 926. The number of urea groups is 1. The van der Waals surface area contributed by atoms with Gasteiger partial charge in [-0.05, 0) is 32.3 Å². The van der Waals surface area contributed by atoms with E-state index in [9.17, 15) is 27.6 Å². The van der Waals surface area contributed by atoms with E-state index in [4.69, 9.17) is 4.74 Å². The third-order valence-corrected chi connectivity index (χ3v) is 6.75. The van der Waals surface area contributed by atoms with E-state index >= 15 is 0 Å². The molecule has 1 aromatic carbocycles. The largest absolute Gasteiger partial charge is 0.425 e. The molecule has 3 fully saturated rings. The quantitative estimate of drug-likeness (QED) is 0.667. The lowest BCUT2D eigenvalue weighted by Gasteiger charge is -2.39. The summed E-state index contributed by atoms with van der Waals surface area (Å²) in [5.41, 5.74) is -3.44. The first-order chi connectivity index (χ1) is 16.0. The summed E-state index contributed by atoms with van der Waals surface area (Å²) < 4.78 is 48.0. The number of benzene rings is 1. The van der Waals surface area contributed by atoms with Gasteiger partial charge in [0, 0.05) is 32.1 Å². The van der Waals surface area contributed by atoms with Gasteiger partial charge in [0.15, 0.2) is 0 Å². The third-order valence-electron chi connectivity index (χ3n) is 6.75. The number of imide groups is 1. The molecule has 0 radical (unpaired) electrons. The highest BCUT2D eigenvalue weighted by Crippen LogP contribution is 2.43. The first-order valence-electron chi connectivity index (χ1n) is 11.5. The highest BCUT2D eigenvalue weighted by Gasteiger charge is 2.68. The maximum atomic E-state index is 14.1. The minimum absolute atomic E-state index is 0.0361. The number of alkyl halides is 3. The van der Waals surface area contributed by atoms with Gasteiger partial charge in [-0.3, -0.25) is 14.5 Å². The number of hydrogen-bond donors (Lipinski definition) is 1. The van der Waals surface area contributed by atoms with E-state index in [2.05, 4.69) is 0 Å². The number of piperidine rings is 1. The van der Waals surface area contributed by atoms with E-state index in [0.717, 1.165) is 0 Å². The second-order valence-electron chi connectivity index (χ2n) is 9.31. The number of hydrogen-bond acceptors (Lipinski definition) is 5. The van der Waals surface area contributed by atoms with Crippen molar-refractivity contribution in [1.82, 2.24) is 20.0 Å². The van der Waals surface area contributed by atoms with E-state index in [1.54, 1.807) is 4.90 Å². The Labute approximate surface area is 196 Å². The highest BCUT2D eigenvalue weighted by atomic mass is 19.4. The molecule has 8 nitrogen and oxygen atoms in total. The lowest BCUT2D eigenvalue weighted by molar-refractivity contribution is -0.198. The number of carbonyl (C=O) groups excluding carboxylic acids is 3. The van der Waals surface area contributed by atoms with E-state index in [1.807, 2.05) is 24.1 Å². The number of amides is 4. The number of halogens is 3. The summed E-state index contributed by atoms with van der Waals surface area (Å²) >= 11 is 0. The Morgan fingerprint density at radius 3 is 2.24 bits per heavy atom. The van der Waals surface area contributed by atoms with Gasteiger partial charge in [-0.15, -0.1) is 0 Å². The summed E-state index contributed by atoms with van der Waals surface area (Å²) in [7, 11) is 0. The van der Waals surface area contributed by atoms with Crippen molar-refractivity contribution in [3.63, 3.8) is 0 Å². The van der Waals surface area contributed by atoms with Crippen molar-refractivity contribution in [2.24, 2.45) is 5.92 Å². The third kappa shape index (κ3) is 4.38. The van der Waals surface area contributed by atoms with Crippen LogP contribution in [0.2, 0.25) is 0 Å². The molecule has 3 heterocycles. The lowest BCUT2D eigenvalue weighted by atomic mass is 9.89. The van der Waals surface area contributed by atoms with Crippen LogP contribution in [0.3, 0.4) is 0 Å². The Hall–Kier alpha value is -2.66. The van der Waals surface area contributed by atoms with Crippen LogP contribution >= 0.6 is 0 Å². The normalized spacial score (nSPS) is 29.4. The van der Waals surface area contributed by atoms with Crippen LogP contribution in [0.5, 0.6) is 0 Å². The van der Waals surface area contributed by atoms with Crippen molar-refractivity contribution < 1.29 is 32.3 Å². The van der Waals surface area contributed by atoms with Crippen molar-refractivity contribution >= 4 is 17.8 Å². The first-order valence-corrected chi connectivity index (χ1v) is 11.5. The Kier molecular flexibility index (Phi) is 6.61. The van der Waals surface area contributed by atoms with Crippen LogP contribution in [-0.2, 0) is 19.9 Å². The number of likely N-dealkylation sites (tertiary alicyclic amines) is 1. The van der Waals surface area contributed by atoms with Crippen molar-refractivity contribution in [2.75, 3.05) is 32.8 Å². The highest BCUT2D eigenvalue weighted by molar-refractivity contribution is 6.08. The zero-order valence-electron chi connectivity index (χ0n) is 19.2. The summed E-state index contributed by atoms with van der Waals surface area (Å²) in [6.07, 6.45) is -4.07. The second kappa shape index (κ2) is 9.18. The topological polar surface area (TPSA) is 82.2 Å². The smallest absolute Gasteiger partial charge is 0.372 e. The molecule has 0 aliphatic carbocycles. The molecule has 3 atom stereocenters. The average Bonchev–Trinajstić information content (AvgIpc) is 3.05. The molecule has 0 aromatic heterocycles. The van der Waals surface area contributed by atoms with Gasteiger partial charge in [0.2, 0.25) is 11.4 Å². The standard InChI is InChI=1S/C23H29F3N4O4/c1-15-12-29(13-16(2)34-15)19(31)17-8-10-28(11-9-17)14-30-20(32)22(23(24,25)26,27-21(30)33)18-6-4-3-5-7-18/h3-7,15-17H,8-14H2,1-2H3,(H,27,33)/t15-,16+,22-/m1/s1. The van der Waals surface area contributed by atoms with Crippen LogP contribution in [0, 0.1) is 5.92 Å². The molecule has 3 aliphatic rings. The SMILES string of the molecule is C[C@@H]1CN(C(=O)C2CCN(CN3C(=O)N[C@@](c4ccccc4)(C(F)(F)F)C3=O)CC2)C[C@H](C)O1. The Morgan fingerprint density at radius 1 is 1.09 bits per heavy atom. The molecule has 1 N–H and O–H groups in total. The Morgan fingerprint density at radius 2 is 1.68 bits per heavy atom. The number of rotatable bonds is 4. The maximum Gasteiger partial charge on any atom is 0.425 e. The van der Waals surface area contributed by atoms with Crippen LogP contribution in [0.15, 0.2) is 30.3 Å². The number of ether oxygens (including phenoxy) is 1. The predicted molar refractivity (Wildman–Crippen MR) is 115 cm³/mol. The molecular formula is C23H29F3N4O4. The maximum absolute atomic E-state index is 14.1. The molecule has 0 unspecified atom stereocenters. The zero-order chi connectivity index (χ0) is 24.7. The second-order valence-corrected chi connectivity index (χ2v) is 9.31. The van der Waals surface area contributed by atoms with E-state index < -0.39 is 23.7 Å². The number of nitrogens with one attached hydrogen (secondary N) is 1. The van der Waals surface area contributed by atoms with Gasteiger partial charge in [0.05, 0.1) is 18.9 Å². The summed E-state index contributed by atoms with van der Waals surface area (Å²) in [6, 6.07) is 5.60. The predicted octanol–water partition coefficient (Wildman–Crippen LogP) is 2.30. The minimum atomic E-state index is -5.01. The van der Waals surface area contributed by atoms with E-state index in [1.165, 1.54) is 30.3 Å². The fourth-order valence-corrected chi connectivity index (χ4v) is 5.08. The molecule has 4 rings (SSSR count). The van der Waals surface area contributed by atoms with Crippen LogP contribution in [0.1, 0.15) is 32.3 Å². The molecule has 186 valence electrons. The first kappa shape index (κ1) is 24.5. The van der Waals surface area contributed by atoms with E-state index in [-0.39, 0.29) is 36.3 Å². The van der Waals surface area contributed by atoms with Crippen LogP contribution in [0.4, 0.5) is 18.0 Å². The van der Waals surface area contributed by atoms with Crippen LogP contribution < -0.4 is 5.32 Å². The molecule has 3 aliphatic heterocycles. The summed E-state index contributed by atoms with van der Waals surface area (Å²) in [6.45, 7) is 5.44. The molecule has 0 spiro atoms. The van der Waals surface area contributed by atoms with Gasteiger partial charge in [0.25, 0.3) is 5.91 Å². The van der Waals surface area contributed by atoms with Crippen LogP contribution in [0.25, 0.3) is 0 Å². The van der Waals surface area contributed by atoms with Crippen LogP contribution in [-0.4, -0.2) is 83.8 Å². The Balaban J connectivity index is 1.41. The molecule has 34 heavy (non-hydrogen) atoms. The monoisotopic (exact) mass is 482 g/mol. The summed E-state index contributed by atoms with van der Waals surface area (Å²) in [5.74, 6) is -1.49. The average molecular weight is 483 g/mol. The lowest BCUT2D eigenvalue weighted by Crippen LogP contribution is -2.56. The molecular weight excluding hydrogens is 453 g/mol. The molecule has 11 heteroatoms. The van der Waals surface area contributed by atoms with Gasteiger partial charge >= 0.3 is 12.2 Å². The molecule has 0 bridgehead atoms. The van der Waals surface area contributed by atoms with Crippen molar-refractivity contribution in [3.05, 3.63) is 35.9 Å². The van der Waals surface area contributed by atoms with Gasteiger partial charge < -0.3 is 15.0 Å². The summed E-state index contributed by atoms with van der Waals surface area (Å²) in [5, 5.41) is 1.90. The minimum Gasteiger partial charge on any atom is -0.372 e.